The maximum absolute atomic E-state index is 12.1. The van der Waals surface area contributed by atoms with E-state index in [1.54, 1.807) is 0 Å². The molecule has 1 saturated heterocycles. The first-order valence-corrected chi connectivity index (χ1v) is 9.04. The topological polar surface area (TPSA) is 20.3 Å². The van der Waals surface area contributed by atoms with Crippen molar-refractivity contribution in [1.82, 2.24) is 4.90 Å². The van der Waals surface area contributed by atoms with Gasteiger partial charge in [0.1, 0.15) is 0 Å². The molecular weight excluding hydrogens is 306 g/mol. The van der Waals surface area contributed by atoms with Gasteiger partial charge in [0.15, 0.2) is 0 Å². The van der Waals surface area contributed by atoms with Gasteiger partial charge in [-0.1, -0.05) is 43.0 Å². The van der Waals surface area contributed by atoms with Crippen LogP contribution in [0.25, 0.3) is 0 Å². The van der Waals surface area contributed by atoms with Gasteiger partial charge in [-0.3, -0.25) is 4.79 Å². The monoisotopic (exact) mass is 329 g/mol. The van der Waals surface area contributed by atoms with E-state index in [-0.39, 0.29) is 11.3 Å². The molecule has 2 aromatic rings. The molecule has 126 valence electrons. The second kappa shape index (κ2) is 6.08. The number of fused-ring (bicyclic) bond motifs is 3. The van der Waals surface area contributed by atoms with Crippen LogP contribution in [0.3, 0.4) is 0 Å². The average Bonchev–Trinajstić information content (AvgIpc) is 2.64. The van der Waals surface area contributed by atoms with Gasteiger partial charge in [-0.15, -0.1) is 0 Å². The van der Waals surface area contributed by atoms with E-state index in [0.29, 0.717) is 12.5 Å². The summed E-state index contributed by atoms with van der Waals surface area (Å²) < 4.78 is 0. The number of hydrogen-bond acceptors (Lipinski definition) is 1. The molecule has 25 heavy (non-hydrogen) atoms. The summed E-state index contributed by atoms with van der Waals surface area (Å²) in [5.74, 6) is 6.83. The molecule has 2 heteroatoms. The van der Waals surface area contributed by atoms with Gasteiger partial charge >= 0.3 is 0 Å². The standard InChI is InChI=1S/C23H23NO/c1-23-15-14-22(25)24(2)21(23)13-11-19-16-18(10-12-20(19)23)9-8-17-6-4-3-5-7-17/h3-7,10,12,16,21H,11,13-15H2,1-2H3/t21-,23-/m1/s1. The van der Waals surface area contributed by atoms with Gasteiger partial charge in [-0.05, 0) is 54.7 Å². The van der Waals surface area contributed by atoms with E-state index in [0.717, 1.165) is 30.4 Å². The Labute approximate surface area is 149 Å². The first-order chi connectivity index (χ1) is 12.1. The Bertz CT molecular complexity index is 874. The Balaban J connectivity index is 1.67. The highest BCUT2D eigenvalue weighted by atomic mass is 16.2. The molecule has 0 aromatic heterocycles. The van der Waals surface area contributed by atoms with Crippen molar-refractivity contribution in [2.75, 3.05) is 7.05 Å². The zero-order valence-electron chi connectivity index (χ0n) is 14.9. The fourth-order valence-corrected chi connectivity index (χ4v) is 4.53. The Kier molecular flexibility index (Phi) is 3.88. The van der Waals surface area contributed by atoms with Gasteiger partial charge in [-0.25, -0.2) is 0 Å². The third kappa shape index (κ3) is 2.74. The molecule has 2 atom stereocenters. The van der Waals surface area contributed by atoms with Crippen molar-refractivity contribution < 1.29 is 4.79 Å². The summed E-state index contributed by atoms with van der Waals surface area (Å²) in [4.78, 5) is 14.1. The first-order valence-electron chi connectivity index (χ1n) is 9.04. The summed E-state index contributed by atoms with van der Waals surface area (Å²) in [6, 6.07) is 17.1. The number of rotatable bonds is 0. The van der Waals surface area contributed by atoms with Crippen LogP contribution >= 0.6 is 0 Å². The minimum atomic E-state index is 0.0711. The molecule has 1 fully saturated rings. The molecule has 0 saturated carbocycles. The number of hydrogen-bond donors (Lipinski definition) is 0. The van der Waals surface area contributed by atoms with Gasteiger partial charge in [-0.2, -0.15) is 0 Å². The van der Waals surface area contributed by atoms with Crippen molar-refractivity contribution in [1.29, 1.82) is 0 Å². The lowest BCUT2D eigenvalue weighted by Crippen LogP contribution is -2.56. The van der Waals surface area contributed by atoms with Crippen molar-refractivity contribution in [3.05, 3.63) is 70.8 Å². The van der Waals surface area contributed by atoms with Gasteiger partial charge in [0.25, 0.3) is 0 Å². The molecule has 0 bridgehead atoms. The van der Waals surface area contributed by atoms with Gasteiger partial charge in [0.05, 0.1) is 0 Å². The molecule has 0 N–H and O–H groups in total. The highest BCUT2D eigenvalue weighted by Crippen LogP contribution is 2.45. The molecule has 1 heterocycles. The second-order valence-corrected chi connectivity index (χ2v) is 7.46. The third-order valence-corrected chi connectivity index (χ3v) is 5.99. The maximum atomic E-state index is 12.1. The quantitative estimate of drug-likeness (QED) is 0.671. The largest absolute Gasteiger partial charge is 0.342 e. The number of likely N-dealkylation sites (tertiary alicyclic amines) is 1. The number of likely N-dealkylation sites (N-methyl/N-ethyl adjacent to an activating group) is 1. The lowest BCUT2D eigenvalue weighted by Gasteiger charge is -2.50. The van der Waals surface area contributed by atoms with Crippen molar-refractivity contribution in [3.8, 4) is 11.8 Å². The maximum Gasteiger partial charge on any atom is 0.222 e. The van der Waals surface area contributed by atoms with Crippen LogP contribution in [-0.2, 0) is 16.6 Å². The molecule has 2 nitrogen and oxygen atoms in total. The summed E-state index contributed by atoms with van der Waals surface area (Å²) >= 11 is 0. The highest BCUT2D eigenvalue weighted by molar-refractivity contribution is 5.78. The minimum absolute atomic E-state index is 0.0711. The first kappa shape index (κ1) is 16.0. The minimum Gasteiger partial charge on any atom is -0.342 e. The summed E-state index contributed by atoms with van der Waals surface area (Å²) in [6.07, 6.45) is 3.66. The smallest absolute Gasteiger partial charge is 0.222 e. The molecule has 1 aliphatic carbocycles. The SMILES string of the molecule is CN1C(=O)CC[C@]2(C)c3ccc(C#Cc4ccccc4)cc3CC[C@@H]12. The third-order valence-electron chi connectivity index (χ3n) is 5.99. The van der Waals surface area contributed by atoms with E-state index in [1.807, 2.05) is 42.3 Å². The number of amides is 1. The lowest BCUT2D eigenvalue weighted by atomic mass is 9.63. The zero-order chi connectivity index (χ0) is 17.4. The Hall–Kier alpha value is -2.53. The molecule has 1 amide bonds. The molecule has 2 aliphatic rings. The molecular formula is C23H23NO. The van der Waals surface area contributed by atoms with Crippen LogP contribution < -0.4 is 0 Å². The van der Waals surface area contributed by atoms with E-state index >= 15 is 0 Å². The average molecular weight is 329 g/mol. The van der Waals surface area contributed by atoms with Crippen LogP contribution in [0.5, 0.6) is 0 Å². The predicted octanol–water partition coefficient (Wildman–Crippen LogP) is 3.91. The Morgan fingerprint density at radius 1 is 1.04 bits per heavy atom. The summed E-state index contributed by atoms with van der Waals surface area (Å²) in [5.41, 5.74) is 5.00. The van der Waals surface area contributed by atoms with Gasteiger partial charge in [0, 0.05) is 36.1 Å². The number of carbonyl (C=O) groups excluding carboxylic acids is 1. The normalized spacial score (nSPS) is 24.8. The Morgan fingerprint density at radius 2 is 1.80 bits per heavy atom. The second-order valence-electron chi connectivity index (χ2n) is 7.46. The summed E-state index contributed by atoms with van der Waals surface area (Å²) in [6.45, 7) is 2.33. The number of aryl methyl sites for hydroxylation is 1. The van der Waals surface area contributed by atoms with Gasteiger partial charge in [0.2, 0.25) is 5.91 Å². The lowest BCUT2D eigenvalue weighted by molar-refractivity contribution is -0.138. The number of nitrogens with zero attached hydrogens (tertiary/aromatic N) is 1. The fourth-order valence-electron chi connectivity index (χ4n) is 4.53. The summed E-state index contributed by atoms with van der Waals surface area (Å²) in [5, 5.41) is 0. The number of benzene rings is 2. The highest BCUT2D eigenvalue weighted by Gasteiger charge is 2.46. The van der Waals surface area contributed by atoms with Gasteiger partial charge < -0.3 is 4.90 Å². The Morgan fingerprint density at radius 3 is 2.60 bits per heavy atom. The van der Waals surface area contributed by atoms with Crippen LogP contribution in [-0.4, -0.2) is 23.9 Å². The van der Waals surface area contributed by atoms with E-state index in [2.05, 4.69) is 37.0 Å². The van der Waals surface area contributed by atoms with Crippen molar-refractivity contribution in [2.24, 2.45) is 0 Å². The van der Waals surface area contributed by atoms with Crippen LogP contribution in [0.4, 0.5) is 0 Å². The molecule has 0 spiro atoms. The summed E-state index contributed by atoms with van der Waals surface area (Å²) in [7, 11) is 1.97. The molecule has 1 aliphatic heterocycles. The molecule has 2 aromatic carbocycles. The van der Waals surface area contributed by atoms with Crippen molar-refractivity contribution >= 4 is 5.91 Å². The van der Waals surface area contributed by atoms with Crippen LogP contribution in [0.15, 0.2) is 48.5 Å². The van der Waals surface area contributed by atoms with E-state index < -0.39 is 0 Å². The van der Waals surface area contributed by atoms with Crippen LogP contribution in [0.1, 0.15) is 48.4 Å². The van der Waals surface area contributed by atoms with E-state index in [4.69, 9.17) is 0 Å². The zero-order valence-corrected chi connectivity index (χ0v) is 14.9. The predicted molar refractivity (Wildman–Crippen MR) is 100 cm³/mol. The number of piperidine rings is 1. The molecule has 0 radical (unpaired) electrons. The van der Waals surface area contributed by atoms with Crippen LogP contribution in [0, 0.1) is 11.8 Å². The fraction of sp³-hybridized carbons (Fsp3) is 0.348. The van der Waals surface area contributed by atoms with Crippen molar-refractivity contribution in [3.63, 3.8) is 0 Å². The number of carbonyl (C=O) groups is 1. The van der Waals surface area contributed by atoms with E-state index in [9.17, 15) is 4.79 Å². The van der Waals surface area contributed by atoms with Crippen LogP contribution in [0.2, 0.25) is 0 Å². The van der Waals surface area contributed by atoms with Crippen molar-refractivity contribution in [2.45, 2.75) is 44.1 Å². The van der Waals surface area contributed by atoms with E-state index in [1.165, 1.54) is 11.1 Å². The molecule has 0 unspecified atom stereocenters. The molecule has 4 rings (SSSR count).